The summed E-state index contributed by atoms with van der Waals surface area (Å²) in [5.41, 5.74) is 1.21. The first-order valence-electron chi connectivity index (χ1n) is 6.97. The van der Waals surface area contributed by atoms with Crippen molar-refractivity contribution in [2.75, 3.05) is 13.3 Å². The predicted molar refractivity (Wildman–Crippen MR) is 71.5 cm³/mol. The van der Waals surface area contributed by atoms with Crippen LogP contribution in [0.25, 0.3) is 0 Å². The summed E-state index contributed by atoms with van der Waals surface area (Å²) in [6.07, 6.45) is 4.60. The molecule has 1 aromatic rings. The third-order valence-electron chi connectivity index (χ3n) is 3.77. The monoisotopic (exact) mass is 261 g/mol. The minimum absolute atomic E-state index is 0.108. The van der Waals surface area contributed by atoms with Crippen molar-refractivity contribution >= 4 is 5.78 Å². The lowest BCUT2D eigenvalue weighted by Crippen LogP contribution is -2.30. The van der Waals surface area contributed by atoms with Crippen LogP contribution in [-0.4, -0.2) is 25.2 Å². The smallest absolute Gasteiger partial charge is 0.231 e. The van der Waals surface area contributed by atoms with Crippen LogP contribution in [0.3, 0.4) is 0 Å². The summed E-state index contributed by atoms with van der Waals surface area (Å²) in [6.45, 7) is 1.29. The lowest BCUT2D eigenvalue weighted by molar-refractivity contribution is -0.120. The number of carbonyl (C=O) groups excluding carboxylic acids is 1. The molecule has 0 aliphatic carbocycles. The van der Waals surface area contributed by atoms with Crippen molar-refractivity contribution in [2.45, 2.75) is 38.1 Å². The zero-order valence-corrected chi connectivity index (χ0v) is 11.0. The van der Waals surface area contributed by atoms with Crippen molar-refractivity contribution in [1.82, 2.24) is 5.32 Å². The fourth-order valence-corrected chi connectivity index (χ4v) is 2.70. The van der Waals surface area contributed by atoms with Crippen molar-refractivity contribution < 1.29 is 14.3 Å². The molecule has 1 atom stereocenters. The molecule has 2 aliphatic rings. The van der Waals surface area contributed by atoms with E-state index in [1.165, 1.54) is 5.56 Å². The molecule has 19 heavy (non-hydrogen) atoms. The number of carbonyl (C=O) groups is 1. The van der Waals surface area contributed by atoms with Gasteiger partial charge in [0, 0.05) is 6.42 Å². The quantitative estimate of drug-likeness (QED) is 0.881. The highest BCUT2D eigenvalue weighted by molar-refractivity contribution is 5.84. The van der Waals surface area contributed by atoms with E-state index < -0.39 is 0 Å². The molecule has 3 rings (SSSR count). The predicted octanol–water partition coefficient (Wildman–Crippen LogP) is 2.06. The molecule has 1 N–H and O–H groups in total. The summed E-state index contributed by atoms with van der Waals surface area (Å²) < 4.78 is 10.6. The number of fused-ring (bicyclic) bond motifs is 1. The number of hydrogen-bond acceptors (Lipinski definition) is 4. The summed E-state index contributed by atoms with van der Waals surface area (Å²) in [4.78, 5) is 11.9. The number of rotatable bonds is 5. The van der Waals surface area contributed by atoms with Crippen molar-refractivity contribution in [3.8, 4) is 11.5 Å². The summed E-state index contributed by atoms with van der Waals surface area (Å²) in [5.74, 6) is 1.99. The minimum Gasteiger partial charge on any atom is -0.454 e. The molecule has 102 valence electrons. The van der Waals surface area contributed by atoms with Crippen LogP contribution in [0.4, 0.5) is 0 Å². The van der Waals surface area contributed by atoms with E-state index >= 15 is 0 Å². The number of Topliss-reactive ketones (excluding diaryl/α,β-unsaturated/α-hetero) is 1. The molecule has 1 fully saturated rings. The Bertz CT molecular complexity index is 466. The van der Waals surface area contributed by atoms with Crippen LogP contribution in [0.15, 0.2) is 18.2 Å². The lowest BCUT2D eigenvalue weighted by Gasteiger charge is -2.08. The number of aryl methyl sites for hydroxylation is 1. The maximum absolute atomic E-state index is 11.9. The van der Waals surface area contributed by atoms with Crippen LogP contribution in [-0.2, 0) is 11.2 Å². The van der Waals surface area contributed by atoms with Gasteiger partial charge in [-0.1, -0.05) is 6.07 Å². The van der Waals surface area contributed by atoms with Crippen LogP contribution in [0.5, 0.6) is 11.5 Å². The van der Waals surface area contributed by atoms with Crippen LogP contribution < -0.4 is 14.8 Å². The van der Waals surface area contributed by atoms with Crippen molar-refractivity contribution in [3.05, 3.63) is 23.8 Å². The molecule has 0 bridgehead atoms. The number of nitrogens with one attached hydrogen (secondary N) is 1. The Labute approximate surface area is 113 Å². The zero-order chi connectivity index (χ0) is 13.1. The fraction of sp³-hybridized carbons (Fsp3) is 0.533. The molecule has 0 spiro atoms. The Morgan fingerprint density at radius 2 is 2.21 bits per heavy atom. The molecule has 0 radical (unpaired) electrons. The first kappa shape index (κ1) is 12.5. The largest absolute Gasteiger partial charge is 0.454 e. The van der Waals surface area contributed by atoms with E-state index in [9.17, 15) is 4.79 Å². The summed E-state index contributed by atoms with van der Waals surface area (Å²) in [7, 11) is 0. The Morgan fingerprint density at radius 3 is 3.05 bits per heavy atom. The van der Waals surface area contributed by atoms with Crippen molar-refractivity contribution in [1.29, 1.82) is 0 Å². The Hall–Kier alpha value is -1.55. The zero-order valence-electron chi connectivity index (χ0n) is 11.0. The van der Waals surface area contributed by atoms with E-state index in [2.05, 4.69) is 5.32 Å². The van der Waals surface area contributed by atoms with Gasteiger partial charge in [-0.05, 0) is 49.9 Å². The number of hydrogen-bond donors (Lipinski definition) is 1. The summed E-state index contributed by atoms with van der Waals surface area (Å²) in [5, 5.41) is 3.25. The molecular formula is C15H19NO3. The van der Waals surface area contributed by atoms with Gasteiger partial charge in [-0.15, -0.1) is 0 Å². The third kappa shape index (κ3) is 2.89. The second-order valence-electron chi connectivity index (χ2n) is 5.16. The van der Waals surface area contributed by atoms with Crippen LogP contribution >= 0.6 is 0 Å². The van der Waals surface area contributed by atoms with Gasteiger partial charge in [-0.2, -0.15) is 0 Å². The SMILES string of the molecule is O=C(CCCc1ccc2c(c1)OCO2)[C@@H]1CCCN1. The molecule has 4 heteroatoms. The van der Waals surface area contributed by atoms with Gasteiger partial charge in [0.15, 0.2) is 11.5 Å². The van der Waals surface area contributed by atoms with E-state index in [0.29, 0.717) is 19.0 Å². The van der Waals surface area contributed by atoms with E-state index in [1.807, 2.05) is 18.2 Å². The molecule has 1 aromatic carbocycles. The number of benzene rings is 1. The molecule has 1 saturated heterocycles. The minimum atomic E-state index is 0.108. The molecule has 0 amide bonds. The highest BCUT2D eigenvalue weighted by atomic mass is 16.7. The van der Waals surface area contributed by atoms with E-state index in [1.54, 1.807) is 0 Å². The third-order valence-corrected chi connectivity index (χ3v) is 3.77. The lowest BCUT2D eigenvalue weighted by atomic mass is 10.0. The van der Waals surface area contributed by atoms with E-state index in [0.717, 1.165) is 43.7 Å². The van der Waals surface area contributed by atoms with E-state index in [-0.39, 0.29) is 6.04 Å². The average molecular weight is 261 g/mol. The van der Waals surface area contributed by atoms with Gasteiger partial charge in [0.2, 0.25) is 6.79 Å². The van der Waals surface area contributed by atoms with Gasteiger partial charge in [-0.3, -0.25) is 4.79 Å². The van der Waals surface area contributed by atoms with Gasteiger partial charge >= 0.3 is 0 Å². The van der Waals surface area contributed by atoms with Crippen LogP contribution in [0, 0.1) is 0 Å². The highest BCUT2D eigenvalue weighted by Crippen LogP contribution is 2.32. The number of ether oxygens (including phenoxy) is 2. The topological polar surface area (TPSA) is 47.6 Å². The summed E-state index contributed by atoms with van der Waals surface area (Å²) in [6, 6.07) is 6.11. The Balaban J connectivity index is 1.48. The molecule has 0 saturated carbocycles. The normalized spacial score (nSPS) is 20.7. The van der Waals surface area contributed by atoms with Gasteiger partial charge in [0.25, 0.3) is 0 Å². The van der Waals surface area contributed by atoms with Gasteiger partial charge < -0.3 is 14.8 Å². The van der Waals surface area contributed by atoms with Crippen LogP contribution in [0.2, 0.25) is 0 Å². The Kier molecular flexibility index (Phi) is 3.69. The maximum atomic E-state index is 11.9. The molecule has 2 heterocycles. The molecular weight excluding hydrogens is 242 g/mol. The van der Waals surface area contributed by atoms with E-state index in [4.69, 9.17) is 9.47 Å². The second-order valence-corrected chi connectivity index (χ2v) is 5.16. The fourth-order valence-electron chi connectivity index (χ4n) is 2.70. The standard InChI is InChI=1S/C15H19NO3/c17-13(12-4-2-8-16-12)5-1-3-11-6-7-14-15(9-11)19-10-18-14/h6-7,9,12,16H,1-5,8,10H2/t12-/m0/s1. The molecule has 0 aromatic heterocycles. The first-order valence-corrected chi connectivity index (χ1v) is 6.97. The van der Waals surface area contributed by atoms with Gasteiger partial charge in [0.05, 0.1) is 6.04 Å². The van der Waals surface area contributed by atoms with Gasteiger partial charge in [-0.25, -0.2) is 0 Å². The molecule has 4 nitrogen and oxygen atoms in total. The molecule has 0 unspecified atom stereocenters. The first-order chi connectivity index (χ1) is 9.33. The maximum Gasteiger partial charge on any atom is 0.231 e. The highest BCUT2D eigenvalue weighted by Gasteiger charge is 2.21. The summed E-state index contributed by atoms with van der Waals surface area (Å²) >= 11 is 0. The average Bonchev–Trinajstić information content (AvgIpc) is 3.09. The number of ketones is 1. The molecule has 2 aliphatic heterocycles. The van der Waals surface area contributed by atoms with Gasteiger partial charge in [0.1, 0.15) is 5.78 Å². The van der Waals surface area contributed by atoms with Crippen LogP contribution in [0.1, 0.15) is 31.2 Å². The Morgan fingerprint density at radius 1 is 1.32 bits per heavy atom. The second kappa shape index (κ2) is 5.61. The van der Waals surface area contributed by atoms with Crippen molar-refractivity contribution in [2.24, 2.45) is 0 Å². The van der Waals surface area contributed by atoms with Crippen molar-refractivity contribution in [3.63, 3.8) is 0 Å².